The zero-order valence-corrected chi connectivity index (χ0v) is 14.4. The largest absolute Gasteiger partial charge is 0.384 e. The second kappa shape index (κ2) is 7.19. The Bertz CT molecular complexity index is 824. The molecule has 0 bridgehead atoms. The van der Waals surface area contributed by atoms with Gasteiger partial charge in [0.25, 0.3) is 0 Å². The molecule has 3 heterocycles. The molecule has 0 saturated heterocycles. The standard InChI is InChI=1S/C19H23N5O/c1-25-13-14-2-4-16(5-3-14)22-18-6-7-19-21-12-17(24(19)23-18)15-8-10-20-11-9-15/h6-12,14,16H,2-5,13H2,1H3,(H,22,23)/t14-,16-. The van der Waals surface area contributed by atoms with E-state index in [9.17, 15) is 0 Å². The summed E-state index contributed by atoms with van der Waals surface area (Å²) in [6.07, 6.45) is 10.2. The van der Waals surface area contributed by atoms with Gasteiger partial charge < -0.3 is 10.1 Å². The van der Waals surface area contributed by atoms with Gasteiger partial charge in [-0.3, -0.25) is 4.98 Å². The van der Waals surface area contributed by atoms with Crippen molar-refractivity contribution in [2.75, 3.05) is 19.0 Å². The molecule has 0 spiro atoms. The number of methoxy groups -OCH3 is 1. The number of fused-ring (bicyclic) bond motifs is 1. The van der Waals surface area contributed by atoms with E-state index in [-0.39, 0.29) is 0 Å². The molecule has 1 aliphatic carbocycles. The number of nitrogens with zero attached hydrogens (tertiary/aromatic N) is 4. The Hall–Kier alpha value is -2.47. The van der Waals surface area contributed by atoms with E-state index in [1.165, 1.54) is 12.8 Å². The van der Waals surface area contributed by atoms with Gasteiger partial charge in [-0.1, -0.05) is 0 Å². The van der Waals surface area contributed by atoms with Gasteiger partial charge in [-0.25, -0.2) is 9.50 Å². The number of nitrogens with one attached hydrogen (secondary N) is 1. The van der Waals surface area contributed by atoms with Crippen LogP contribution in [0, 0.1) is 5.92 Å². The summed E-state index contributed by atoms with van der Waals surface area (Å²) in [5.74, 6) is 1.60. The molecule has 3 aromatic heterocycles. The normalized spacial score (nSPS) is 20.7. The molecule has 0 aromatic carbocycles. The van der Waals surface area contributed by atoms with Crippen molar-refractivity contribution in [3.05, 3.63) is 42.9 Å². The van der Waals surface area contributed by atoms with Crippen LogP contribution in [0.5, 0.6) is 0 Å². The van der Waals surface area contributed by atoms with E-state index in [0.717, 1.165) is 42.2 Å². The number of aromatic nitrogens is 4. The maximum Gasteiger partial charge on any atom is 0.154 e. The van der Waals surface area contributed by atoms with E-state index in [0.29, 0.717) is 12.0 Å². The van der Waals surface area contributed by atoms with Gasteiger partial charge >= 0.3 is 0 Å². The van der Waals surface area contributed by atoms with Crippen molar-refractivity contribution in [2.45, 2.75) is 31.7 Å². The number of ether oxygens (including phenoxy) is 1. The molecule has 0 amide bonds. The summed E-state index contributed by atoms with van der Waals surface area (Å²) in [6, 6.07) is 8.45. The summed E-state index contributed by atoms with van der Waals surface area (Å²) in [6.45, 7) is 0.876. The third-order valence-corrected chi connectivity index (χ3v) is 4.94. The summed E-state index contributed by atoms with van der Waals surface area (Å²) in [5.41, 5.74) is 2.89. The van der Waals surface area contributed by atoms with E-state index in [4.69, 9.17) is 9.84 Å². The number of pyridine rings is 1. The highest BCUT2D eigenvalue weighted by molar-refractivity contribution is 5.63. The lowest BCUT2D eigenvalue weighted by atomic mass is 9.86. The third-order valence-electron chi connectivity index (χ3n) is 4.94. The molecule has 0 unspecified atom stereocenters. The summed E-state index contributed by atoms with van der Waals surface area (Å²) < 4.78 is 7.18. The van der Waals surface area contributed by atoms with Crippen LogP contribution in [-0.2, 0) is 4.74 Å². The minimum atomic E-state index is 0.478. The zero-order chi connectivity index (χ0) is 17.1. The van der Waals surface area contributed by atoms with Crippen molar-refractivity contribution in [1.29, 1.82) is 0 Å². The first-order valence-electron chi connectivity index (χ1n) is 8.84. The minimum absolute atomic E-state index is 0.478. The van der Waals surface area contributed by atoms with Gasteiger partial charge in [0.15, 0.2) is 5.65 Å². The molecule has 25 heavy (non-hydrogen) atoms. The molecule has 1 fully saturated rings. The molecule has 4 rings (SSSR count). The Morgan fingerprint density at radius 3 is 2.68 bits per heavy atom. The maximum absolute atomic E-state index is 5.28. The number of hydrogen-bond acceptors (Lipinski definition) is 5. The van der Waals surface area contributed by atoms with Crippen LogP contribution < -0.4 is 5.32 Å². The van der Waals surface area contributed by atoms with Crippen LogP contribution in [0.3, 0.4) is 0 Å². The molecular weight excluding hydrogens is 314 g/mol. The average Bonchev–Trinajstić information content (AvgIpc) is 3.08. The van der Waals surface area contributed by atoms with Crippen LogP contribution in [0.1, 0.15) is 25.7 Å². The van der Waals surface area contributed by atoms with Crippen LogP contribution in [0.2, 0.25) is 0 Å². The Kier molecular flexibility index (Phi) is 4.61. The van der Waals surface area contributed by atoms with Crippen LogP contribution >= 0.6 is 0 Å². The highest BCUT2D eigenvalue weighted by Gasteiger charge is 2.21. The molecular formula is C19H23N5O. The fourth-order valence-corrected chi connectivity index (χ4v) is 3.59. The lowest BCUT2D eigenvalue weighted by molar-refractivity contribution is 0.129. The van der Waals surface area contributed by atoms with Crippen molar-refractivity contribution >= 4 is 11.5 Å². The Morgan fingerprint density at radius 2 is 1.92 bits per heavy atom. The molecule has 0 radical (unpaired) electrons. The van der Waals surface area contributed by atoms with Gasteiger partial charge in [0.2, 0.25) is 0 Å². The quantitative estimate of drug-likeness (QED) is 0.773. The van der Waals surface area contributed by atoms with Crippen LogP contribution in [0.15, 0.2) is 42.9 Å². The summed E-state index contributed by atoms with van der Waals surface area (Å²) in [7, 11) is 1.79. The number of rotatable bonds is 5. The smallest absolute Gasteiger partial charge is 0.154 e. The zero-order valence-electron chi connectivity index (χ0n) is 14.4. The second-order valence-electron chi connectivity index (χ2n) is 6.69. The minimum Gasteiger partial charge on any atom is -0.384 e. The first kappa shape index (κ1) is 16.0. The first-order valence-corrected chi connectivity index (χ1v) is 8.84. The van der Waals surface area contributed by atoms with Crippen molar-refractivity contribution in [3.63, 3.8) is 0 Å². The van der Waals surface area contributed by atoms with Gasteiger partial charge in [-0.05, 0) is 55.9 Å². The van der Waals surface area contributed by atoms with Gasteiger partial charge in [-0.15, -0.1) is 5.10 Å². The maximum atomic E-state index is 5.28. The Labute approximate surface area is 147 Å². The van der Waals surface area contributed by atoms with Crippen molar-refractivity contribution in [2.24, 2.45) is 5.92 Å². The Balaban J connectivity index is 1.52. The fraction of sp³-hybridized carbons (Fsp3) is 0.421. The molecule has 130 valence electrons. The second-order valence-corrected chi connectivity index (χ2v) is 6.69. The van der Waals surface area contributed by atoms with Crippen LogP contribution in [-0.4, -0.2) is 39.3 Å². The van der Waals surface area contributed by atoms with Crippen molar-refractivity contribution < 1.29 is 4.74 Å². The number of imidazole rings is 1. The molecule has 6 heteroatoms. The van der Waals surface area contributed by atoms with Crippen molar-refractivity contribution in [1.82, 2.24) is 19.6 Å². The van der Waals surface area contributed by atoms with Crippen LogP contribution in [0.4, 0.5) is 5.82 Å². The van der Waals surface area contributed by atoms with E-state index < -0.39 is 0 Å². The van der Waals surface area contributed by atoms with E-state index in [2.05, 4.69) is 15.3 Å². The van der Waals surface area contributed by atoms with Gasteiger partial charge in [0.1, 0.15) is 5.82 Å². The van der Waals surface area contributed by atoms with E-state index in [1.807, 2.05) is 35.0 Å². The average molecular weight is 337 g/mol. The van der Waals surface area contributed by atoms with Crippen LogP contribution in [0.25, 0.3) is 16.9 Å². The Morgan fingerprint density at radius 1 is 1.12 bits per heavy atom. The van der Waals surface area contributed by atoms with E-state index in [1.54, 1.807) is 19.5 Å². The summed E-state index contributed by atoms with van der Waals surface area (Å²) in [5, 5.41) is 8.35. The summed E-state index contributed by atoms with van der Waals surface area (Å²) >= 11 is 0. The van der Waals surface area contributed by atoms with Gasteiger partial charge in [0, 0.05) is 37.7 Å². The molecule has 6 nitrogen and oxygen atoms in total. The number of hydrogen-bond donors (Lipinski definition) is 1. The number of anilines is 1. The van der Waals surface area contributed by atoms with Gasteiger partial charge in [0.05, 0.1) is 11.9 Å². The lowest BCUT2D eigenvalue weighted by Gasteiger charge is -2.28. The monoisotopic (exact) mass is 337 g/mol. The highest BCUT2D eigenvalue weighted by Crippen LogP contribution is 2.27. The molecule has 1 N–H and O–H groups in total. The topological polar surface area (TPSA) is 64.3 Å². The lowest BCUT2D eigenvalue weighted by Crippen LogP contribution is -2.28. The molecule has 3 aromatic rings. The van der Waals surface area contributed by atoms with E-state index >= 15 is 0 Å². The first-order chi connectivity index (χ1) is 12.3. The fourth-order valence-electron chi connectivity index (χ4n) is 3.59. The molecule has 1 aliphatic rings. The summed E-state index contributed by atoms with van der Waals surface area (Å²) in [4.78, 5) is 8.53. The predicted molar refractivity (Wildman–Crippen MR) is 97.5 cm³/mol. The molecule has 0 aliphatic heterocycles. The highest BCUT2D eigenvalue weighted by atomic mass is 16.5. The van der Waals surface area contributed by atoms with Gasteiger partial charge in [-0.2, -0.15) is 0 Å². The predicted octanol–water partition coefficient (Wildman–Crippen LogP) is 3.41. The molecule has 1 saturated carbocycles. The third kappa shape index (κ3) is 3.49. The molecule has 0 atom stereocenters. The van der Waals surface area contributed by atoms with Crippen molar-refractivity contribution in [3.8, 4) is 11.3 Å². The SMILES string of the molecule is COC[C@H]1CC[C@H](Nc2ccc3ncc(-c4ccncc4)n3n2)CC1.